The quantitative estimate of drug-likeness (QED) is 0.143. The van der Waals surface area contributed by atoms with Crippen LogP contribution in [0.2, 0.25) is 0 Å². The van der Waals surface area contributed by atoms with Crippen LogP contribution in [0.1, 0.15) is 43.0 Å². The Morgan fingerprint density at radius 1 is 0.712 bits per heavy atom. The number of benzene rings is 5. The van der Waals surface area contributed by atoms with Gasteiger partial charge in [0.2, 0.25) is 5.91 Å². The lowest BCUT2D eigenvalue weighted by atomic mass is 9.90. The van der Waals surface area contributed by atoms with Crippen LogP contribution in [0.4, 0.5) is 4.79 Å². The van der Waals surface area contributed by atoms with Crippen molar-refractivity contribution >= 4 is 12.0 Å². The van der Waals surface area contributed by atoms with Crippen LogP contribution < -0.4 is 0 Å². The van der Waals surface area contributed by atoms with E-state index in [0.29, 0.717) is 32.6 Å². The number of aliphatic hydroxyl groups is 1. The number of aliphatic hydroxyl groups excluding tert-OH is 1. The predicted molar refractivity (Wildman–Crippen MR) is 206 cm³/mol. The molecule has 7 nitrogen and oxygen atoms in total. The zero-order chi connectivity index (χ0) is 36.5. The van der Waals surface area contributed by atoms with Crippen LogP contribution in [0, 0.1) is 0 Å². The number of hydrogen-bond acceptors (Lipinski definition) is 5. The fourth-order valence-electron chi connectivity index (χ4n) is 6.97. The van der Waals surface area contributed by atoms with Crippen LogP contribution in [0.3, 0.4) is 0 Å². The molecule has 5 aromatic carbocycles. The molecule has 268 valence electrons. The topological polar surface area (TPSA) is 73.3 Å². The first-order chi connectivity index (χ1) is 25.1. The summed E-state index contributed by atoms with van der Waals surface area (Å²) in [7, 11) is 0. The fraction of sp³-hybridized carbons (Fsp3) is 0.289. The lowest BCUT2D eigenvalue weighted by Crippen LogP contribution is -2.66. The summed E-state index contributed by atoms with van der Waals surface area (Å²) in [4.78, 5) is 34.0. The summed E-state index contributed by atoms with van der Waals surface area (Å²) < 4.78 is 5.87. The second-order valence-electron chi connectivity index (χ2n) is 14.6. The minimum Gasteiger partial charge on any atom is -0.444 e. The lowest BCUT2D eigenvalue weighted by molar-refractivity contribution is -0.150. The molecule has 0 saturated carbocycles. The summed E-state index contributed by atoms with van der Waals surface area (Å²) in [5, 5.41) is 12.8. The molecule has 0 radical (unpaired) electrons. The average Bonchev–Trinajstić information content (AvgIpc) is 3.15. The molecule has 1 saturated heterocycles. The van der Waals surface area contributed by atoms with Gasteiger partial charge in [-0.2, -0.15) is 0 Å². The van der Waals surface area contributed by atoms with Crippen LogP contribution in [-0.4, -0.2) is 68.7 Å². The van der Waals surface area contributed by atoms with Gasteiger partial charge in [-0.3, -0.25) is 14.6 Å². The van der Waals surface area contributed by atoms with E-state index in [1.165, 1.54) is 4.90 Å². The van der Waals surface area contributed by atoms with E-state index in [-0.39, 0.29) is 12.5 Å². The molecule has 1 fully saturated rings. The number of carbonyl (C=O) groups is 2. The molecule has 6 rings (SSSR count). The first-order valence-corrected chi connectivity index (χ1v) is 18.1. The zero-order valence-corrected chi connectivity index (χ0v) is 30.3. The Kier molecular flexibility index (Phi) is 11.8. The van der Waals surface area contributed by atoms with Crippen molar-refractivity contribution in [3.63, 3.8) is 0 Å². The van der Waals surface area contributed by atoms with Crippen LogP contribution in [0.5, 0.6) is 0 Å². The van der Waals surface area contributed by atoms with Crippen LogP contribution >= 0.6 is 0 Å². The van der Waals surface area contributed by atoms with Gasteiger partial charge in [0.25, 0.3) is 0 Å². The van der Waals surface area contributed by atoms with Crippen molar-refractivity contribution in [2.24, 2.45) is 0 Å². The normalized spacial score (nSPS) is 16.1. The summed E-state index contributed by atoms with van der Waals surface area (Å²) in [5.74, 6) is -0.295. The highest BCUT2D eigenvalue weighted by atomic mass is 16.6. The van der Waals surface area contributed by atoms with Crippen molar-refractivity contribution in [1.82, 2.24) is 14.7 Å². The highest BCUT2D eigenvalue weighted by Crippen LogP contribution is 2.29. The summed E-state index contributed by atoms with van der Waals surface area (Å²) in [6, 6.07) is 47.1. The summed E-state index contributed by atoms with van der Waals surface area (Å²) in [6.45, 7) is 7.44. The number of carbonyl (C=O) groups excluding carboxylic acids is 2. The Morgan fingerprint density at radius 2 is 1.21 bits per heavy atom. The maximum atomic E-state index is 14.7. The minimum atomic E-state index is -1.26. The molecule has 7 heteroatoms. The Balaban J connectivity index is 1.43. The third-order valence-electron chi connectivity index (χ3n) is 9.48. The fourth-order valence-corrected chi connectivity index (χ4v) is 6.97. The van der Waals surface area contributed by atoms with Gasteiger partial charge in [0, 0.05) is 38.8 Å². The SMILES string of the molecule is CC(C)(C)OC(=O)N1CCN(Cc2ccccc2)C(=O)[C@@H]1[C@@H](O)[C@H](Cc1cccc(-c2ccccc2)c1)N(Cc1ccccc1)Cc1ccccc1. The van der Waals surface area contributed by atoms with Gasteiger partial charge in [-0.25, -0.2) is 4.79 Å². The number of hydrogen-bond donors (Lipinski definition) is 1. The maximum Gasteiger partial charge on any atom is 0.411 e. The largest absolute Gasteiger partial charge is 0.444 e. The second-order valence-corrected chi connectivity index (χ2v) is 14.6. The molecule has 1 aliphatic rings. The second kappa shape index (κ2) is 16.9. The third-order valence-corrected chi connectivity index (χ3v) is 9.48. The smallest absolute Gasteiger partial charge is 0.411 e. The van der Waals surface area contributed by atoms with E-state index in [9.17, 15) is 14.7 Å². The first kappa shape index (κ1) is 36.5. The number of rotatable bonds is 12. The van der Waals surface area contributed by atoms with Crippen LogP contribution in [-0.2, 0) is 35.6 Å². The third kappa shape index (κ3) is 9.55. The van der Waals surface area contributed by atoms with Crippen LogP contribution in [0.15, 0.2) is 146 Å². The number of nitrogens with zero attached hydrogens (tertiary/aromatic N) is 3. The maximum absolute atomic E-state index is 14.7. The summed E-state index contributed by atoms with van der Waals surface area (Å²) >= 11 is 0. The summed E-state index contributed by atoms with van der Waals surface area (Å²) in [5.41, 5.74) is 5.56. The van der Waals surface area contributed by atoms with Gasteiger partial charge in [-0.1, -0.05) is 146 Å². The Morgan fingerprint density at radius 3 is 1.77 bits per heavy atom. The van der Waals surface area contributed by atoms with Crippen molar-refractivity contribution in [2.45, 2.75) is 70.6 Å². The monoisotopic (exact) mass is 695 g/mol. The molecular formula is C45H49N3O4. The molecule has 1 aliphatic heterocycles. The summed E-state index contributed by atoms with van der Waals surface area (Å²) in [6.07, 6.45) is -1.43. The average molecular weight is 696 g/mol. The molecule has 3 atom stereocenters. The first-order valence-electron chi connectivity index (χ1n) is 18.1. The standard InChI is InChI=1S/C45H49N3O4/c1-45(2,3)52-44(51)48-28-27-46(31-34-17-8-4-9-18-34)43(50)41(48)42(49)40(30-37-23-16-26-39(29-37)38-24-14-7-15-25-38)47(32-35-19-10-5-11-20-35)33-36-21-12-6-13-22-36/h4-26,29,40-42,49H,27-28,30-33H2,1-3H3/t40-,41-,42-/m0/s1. The highest BCUT2D eigenvalue weighted by molar-refractivity contribution is 5.87. The van der Waals surface area contributed by atoms with E-state index in [1.54, 1.807) is 4.90 Å². The predicted octanol–water partition coefficient (Wildman–Crippen LogP) is 7.98. The zero-order valence-electron chi connectivity index (χ0n) is 30.3. The Labute approximate surface area is 308 Å². The number of piperazine rings is 1. The lowest BCUT2D eigenvalue weighted by Gasteiger charge is -2.46. The molecule has 0 aliphatic carbocycles. The molecule has 1 N–H and O–H groups in total. The number of ether oxygens (including phenoxy) is 1. The van der Waals surface area contributed by atoms with Gasteiger partial charge >= 0.3 is 6.09 Å². The minimum absolute atomic E-state index is 0.239. The molecule has 52 heavy (non-hydrogen) atoms. The number of amides is 2. The van der Waals surface area contributed by atoms with Gasteiger partial charge in [0.15, 0.2) is 0 Å². The van der Waals surface area contributed by atoms with E-state index in [4.69, 9.17) is 4.74 Å². The van der Waals surface area contributed by atoms with Gasteiger partial charge in [-0.15, -0.1) is 0 Å². The van der Waals surface area contributed by atoms with E-state index < -0.39 is 29.9 Å². The molecular weight excluding hydrogens is 647 g/mol. The van der Waals surface area contributed by atoms with Crippen LogP contribution in [0.25, 0.3) is 11.1 Å². The van der Waals surface area contributed by atoms with Crippen molar-refractivity contribution in [3.8, 4) is 11.1 Å². The molecule has 0 spiro atoms. The van der Waals surface area contributed by atoms with E-state index in [0.717, 1.165) is 33.4 Å². The molecule has 0 bridgehead atoms. The van der Waals surface area contributed by atoms with Crippen molar-refractivity contribution in [2.75, 3.05) is 13.1 Å². The molecule has 0 aromatic heterocycles. The van der Waals surface area contributed by atoms with E-state index >= 15 is 0 Å². The van der Waals surface area contributed by atoms with Crippen molar-refractivity contribution in [1.29, 1.82) is 0 Å². The molecule has 0 unspecified atom stereocenters. The van der Waals surface area contributed by atoms with Gasteiger partial charge in [0.05, 0.1) is 6.10 Å². The molecule has 1 heterocycles. The molecule has 2 amide bonds. The highest BCUT2D eigenvalue weighted by Gasteiger charge is 2.47. The van der Waals surface area contributed by atoms with E-state index in [2.05, 4.69) is 59.5 Å². The van der Waals surface area contributed by atoms with Crippen molar-refractivity contribution < 1.29 is 19.4 Å². The van der Waals surface area contributed by atoms with Crippen molar-refractivity contribution in [3.05, 3.63) is 168 Å². The Bertz CT molecular complexity index is 1840. The molecule has 5 aromatic rings. The van der Waals surface area contributed by atoms with Gasteiger partial charge < -0.3 is 14.7 Å². The van der Waals surface area contributed by atoms with Gasteiger partial charge in [0.1, 0.15) is 11.6 Å². The van der Waals surface area contributed by atoms with E-state index in [1.807, 2.05) is 112 Å². The van der Waals surface area contributed by atoms with Gasteiger partial charge in [-0.05, 0) is 60.6 Å². The Hall–Kier alpha value is -5.24.